The van der Waals surface area contributed by atoms with Gasteiger partial charge >= 0.3 is 0 Å². The van der Waals surface area contributed by atoms with Crippen molar-refractivity contribution in [2.75, 3.05) is 46.9 Å². The largest absolute Gasteiger partial charge is 0.379 e. The van der Waals surface area contributed by atoms with Gasteiger partial charge in [0, 0.05) is 25.7 Å². The Morgan fingerprint density at radius 1 is 1.50 bits per heavy atom. The van der Waals surface area contributed by atoms with Crippen molar-refractivity contribution in [3.05, 3.63) is 0 Å². The average molecular weight is 227 g/mol. The van der Waals surface area contributed by atoms with Crippen LogP contribution in [0.2, 0.25) is 0 Å². The van der Waals surface area contributed by atoms with E-state index in [0.29, 0.717) is 6.04 Å². The number of hydrogen-bond donors (Lipinski definition) is 1. The van der Waals surface area contributed by atoms with E-state index in [2.05, 4.69) is 23.9 Å². The molecule has 94 valence electrons. The molecule has 2 rings (SSSR count). The predicted molar refractivity (Wildman–Crippen MR) is 65.5 cm³/mol. The Morgan fingerprint density at radius 2 is 2.31 bits per heavy atom. The first kappa shape index (κ1) is 12.3. The molecule has 2 saturated heterocycles. The lowest BCUT2D eigenvalue weighted by Crippen LogP contribution is -2.57. The summed E-state index contributed by atoms with van der Waals surface area (Å²) in [5, 5.41) is 0. The van der Waals surface area contributed by atoms with Crippen molar-refractivity contribution in [3.8, 4) is 0 Å². The van der Waals surface area contributed by atoms with E-state index in [0.717, 1.165) is 32.7 Å². The fourth-order valence-corrected chi connectivity index (χ4v) is 3.17. The lowest BCUT2D eigenvalue weighted by atomic mass is 9.95. The van der Waals surface area contributed by atoms with E-state index in [4.69, 9.17) is 10.5 Å². The van der Waals surface area contributed by atoms with Gasteiger partial charge in [-0.3, -0.25) is 4.90 Å². The van der Waals surface area contributed by atoms with Gasteiger partial charge in [-0.1, -0.05) is 0 Å². The highest BCUT2D eigenvalue weighted by Gasteiger charge is 2.44. The molecular formula is C12H25N3O. The average Bonchev–Trinajstić information content (AvgIpc) is 2.85. The summed E-state index contributed by atoms with van der Waals surface area (Å²) in [6.45, 7) is 4.77. The molecule has 0 bridgehead atoms. The molecule has 0 saturated carbocycles. The number of likely N-dealkylation sites (N-methyl/N-ethyl adjacent to an activating group) is 1. The molecule has 4 heteroatoms. The number of rotatable bonds is 4. The van der Waals surface area contributed by atoms with Gasteiger partial charge in [0.15, 0.2) is 0 Å². The zero-order chi connectivity index (χ0) is 11.6. The second-order valence-corrected chi connectivity index (χ2v) is 5.48. The standard InChI is InChI=1S/C12H25N3O/c1-14(2)8-11-4-3-6-15(11)12(9-13)5-7-16-10-12/h11H,3-10,13H2,1-2H3. The zero-order valence-electron chi connectivity index (χ0n) is 10.6. The van der Waals surface area contributed by atoms with Crippen LogP contribution in [0.1, 0.15) is 19.3 Å². The summed E-state index contributed by atoms with van der Waals surface area (Å²) in [5.41, 5.74) is 6.14. The predicted octanol–water partition coefficient (Wildman–Crippen LogP) is 0.130. The van der Waals surface area contributed by atoms with Gasteiger partial charge in [0.05, 0.1) is 12.1 Å². The van der Waals surface area contributed by atoms with Crippen molar-refractivity contribution >= 4 is 0 Å². The molecule has 4 nitrogen and oxygen atoms in total. The molecule has 2 heterocycles. The Morgan fingerprint density at radius 3 is 2.88 bits per heavy atom. The molecule has 0 amide bonds. The van der Waals surface area contributed by atoms with Gasteiger partial charge in [-0.2, -0.15) is 0 Å². The lowest BCUT2D eigenvalue weighted by Gasteiger charge is -2.41. The van der Waals surface area contributed by atoms with Gasteiger partial charge < -0.3 is 15.4 Å². The summed E-state index contributed by atoms with van der Waals surface area (Å²) >= 11 is 0. The number of hydrogen-bond acceptors (Lipinski definition) is 4. The zero-order valence-corrected chi connectivity index (χ0v) is 10.6. The summed E-state index contributed by atoms with van der Waals surface area (Å²) in [6.07, 6.45) is 3.72. The minimum Gasteiger partial charge on any atom is -0.379 e. The van der Waals surface area contributed by atoms with Crippen molar-refractivity contribution in [3.63, 3.8) is 0 Å². The molecule has 2 atom stereocenters. The molecule has 2 N–H and O–H groups in total. The molecule has 0 radical (unpaired) electrons. The highest BCUT2D eigenvalue weighted by Crippen LogP contribution is 2.32. The molecule has 2 fully saturated rings. The molecular weight excluding hydrogens is 202 g/mol. The Labute approximate surface area is 98.7 Å². The topological polar surface area (TPSA) is 41.7 Å². The van der Waals surface area contributed by atoms with Crippen molar-refractivity contribution in [1.82, 2.24) is 9.80 Å². The number of nitrogens with zero attached hydrogens (tertiary/aromatic N) is 2. The Bertz CT molecular complexity index is 226. The van der Waals surface area contributed by atoms with E-state index in [-0.39, 0.29) is 5.54 Å². The molecule has 2 aliphatic heterocycles. The van der Waals surface area contributed by atoms with Gasteiger partial charge in [0.1, 0.15) is 0 Å². The van der Waals surface area contributed by atoms with E-state index < -0.39 is 0 Å². The Hall–Kier alpha value is -0.160. The third kappa shape index (κ3) is 2.25. The molecule has 0 aliphatic carbocycles. The van der Waals surface area contributed by atoms with Crippen LogP contribution >= 0.6 is 0 Å². The van der Waals surface area contributed by atoms with Crippen LogP contribution in [-0.2, 0) is 4.74 Å². The molecule has 16 heavy (non-hydrogen) atoms. The van der Waals surface area contributed by atoms with E-state index in [1.54, 1.807) is 0 Å². The van der Waals surface area contributed by atoms with Crippen LogP contribution in [-0.4, -0.2) is 68.3 Å². The van der Waals surface area contributed by atoms with Crippen molar-refractivity contribution in [2.24, 2.45) is 5.73 Å². The first-order valence-electron chi connectivity index (χ1n) is 6.37. The summed E-state index contributed by atoms with van der Waals surface area (Å²) in [7, 11) is 4.30. The first-order chi connectivity index (χ1) is 7.68. The van der Waals surface area contributed by atoms with Gasteiger partial charge in [0.25, 0.3) is 0 Å². The monoisotopic (exact) mass is 227 g/mol. The van der Waals surface area contributed by atoms with Crippen molar-refractivity contribution in [1.29, 1.82) is 0 Å². The molecule has 2 aliphatic rings. The molecule has 0 spiro atoms. The SMILES string of the molecule is CN(C)CC1CCCN1C1(CN)CCOC1. The number of nitrogens with two attached hydrogens (primary N) is 1. The molecule has 0 aromatic rings. The quantitative estimate of drug-likeness (QED) is 0.741. The third-order valence-electron chi connectivity index (χ3n) is 4.02. The Kier molecular flexibility index (Phi) is 3.85. The third-order valence-corrected chi connectivity index (χ3v) is 4.02. The summed E-state index contributed by atoms with van der Waals surface area (Å²) in [4.78, 5) is 4.91. The first-order valence-corrected chi connectivity index (χ1v) is 6.37. The summed E-state index contributed by atoms with van der Waals surface area (Å²) in [6, 6.07) is 0.667. The van der Waals surface area contributed by atoms with Crippen molar-refractivity contribution in [2.45, 2.75) is 30.8 Å². The maximum atomic E-state index is 6.01. The van der Waals surface area contributed by atoms with Gasteiger partial charge in [-0.15, -0.1) is 0 Å². The van der Waals surface area contributed by atoms with Crippen LogP contribution in [0, 0.1) is 0 Å². The smallest absolute Gasteiger partial charge is 0.0663 e. The second-order valence-electron chi connectivity index (χ2n) is 5.48. The van der Waals surface area contributed by atoms with Crippen LogP contribution in [0.4, 0.5) is 0 Å². The molecule has 0 aromatic carbocycles. The fourth-order valence-electron chi connectivity index (χ4n) is 3.17. The lowest BCUT2D eigenvalue weighted by molar-refractivity contribution is 0.0525. The molecule has 0 aromatic heterocycles. The van der Waals surface area contributed by atoms with Gasteiger partial charge in [-0.25, -0.2) is 0 Å². The van der Waals surface area contributed by atoms with Crippen LogP contribution in [0.25, 0.3) is 0 Å². The highest BCUT2D eigenvalue weighted by molar-refractivity contribution is 5.00. The van der Waals surface area contributed by atoms with Crippen LogP contribution in [0.15, 0.2) is 0 Å². The summed E-state index contributed by atoms with van der Waals surface area (Å²) in [5.74, 6) is 0. The summed E-state index contributed by atoms with van der Waals surface area (Å²) < 4.78 is 5.58. The van der Waals surface area contributed by atoms with E-state index in [1.807, 2.05) is 0 Å². The number of ether oxygens (including phenoxy) is 1. The van der Waals surface area contributed by atoms with E-state index in [9.17, 15) is 0 Å². The Balaban J connectivity index is 2.05. The van der Waals surface area contributed by atoms with Crippen LogP contribution in [0.5, 0.6) is 0 Å². The maximum Gasteiger partial charge on any atom is 0.0663 e. The molecule has 2 unspecified atom stereocenters. The van der Waals surface area contributed by atoms with Crippen LogP contribution in [0.3, 0.4) is 0 Å². The van der Waals surface area contributed by atoms with E-state index >= 15 is 0 Å². The van der Waals surface area contributed by atoms with E-state index in [1.165, 1.54) is 19.4 Å². The number of likely N-dealkylation sites (tertiary alicyclic amines) is 1. The normalized spacial score (nSPS) is 36.4. The van der Waals surface area contributed by atoms with Gasteiger partial charge in [-0.05, 0) is 39.9 Å². The van der Waals surface area contributed by atoms with Gasteiger partial charge in [0.2, 0.25) is 0 Å². The minimum absolute atomic E-state index is 0.136. The second kappa shape index (κ2) is 5.00. The maximum absolute atomic E-state index is 6.01. The fraction of sp³-hybridized carbons (Fsp3) is 1.00. The van der Waals surface area contributed by atoms with Crippen LogP contribution < -0.4 is 5.73 Å². The minimum atomic E-state index is 0.136. The van der Waals surface area contributed by atoms with Crippen molar-refractivity contribution < 1.29 is 4.74 Å². The highest BCUT2D eigenvalue weighted by atomic mass is 16.5.